The number of nitrogens with one attached hydrogen (secondary N) is 1. The number of pyridine rings is 1. The Balaban J connectivity index is 2.20. The molecule has 0 amide bonds. The number of sulfonamides is 1. The predicted octanol–water partition coefficient (Wildman–Crippen LogP) is 1.44. The van der Waals surface area contributed by atoms with Crippen molar-refractivity contribution in [3.63, 3.8) is 0 Å². The lowest BCUT2D eigenvalue weighted by Gasteiger charge is -2.30. The Morgan fingerprint density at radius 3 is 2.53 bits per heavy atom. The predicted molar refractivity (Wildman–Crippen MR) is 68.7 cm³/mol. The van der Waals surface area contributed by atoms with Crippen molar-refractivity contribution in [2.75, 3.05) is 23.7 Å². The molecule has 0 atom stereocenters. The summed E-state index contributed by atoms with van der Waals surface area (Å²) >= 11 is 0. The van der Waals surface area contributed by atoms with E-state index in [4.69, 9.17) is 0 Å². The third-order valence-corrected chi connectivity index (χ3v) is 5.51. The van der Waals surface area contributed by atoms with E-state index in [0.29, 0.717) is 5.69 Å². The summed E-state index contributed by atoms with van der Waals surface area (Å²) in [7, 11) is 0.160. The van der Waals surface area contributed by atoms with Crippen LogP contribution >= 0.6 is 0 Å². The number of aromatic nitrogens is 1. The van der Waals surface area contributed by atoms with Crippen LogP contribution in [0.3, 0.4) is 0 Å². The van der Waals surface area contributed by atoms with Gasteiger partial charge < -0.3 is 5.32 Å². The number of hydrogen-bond acceptors (Lipinski definition) is 4. The molecule has 0 saturated heterocycles. The second-order valence-electron chi connectivity index (χ2n) is 4.22. The van der Waals surface area contributed by atoms with E-state index in [0.717, 1.165) is 25.1 Å². The summed E-state index contributed by atoms with van der Waals surface area (Å²) in [6.07, 6.45) is 4.13. The average molecular weight is 255 g/mol. The zero-order chi connectivity index (χ0) is 12.5. The molecule has 6 heteroatoms. The van der Waals surface area contributed by atoms with Crippen LogP contribution in [0.1, 0.15) is 19.3 Å². The van der Waals surface area contributed by atoms with Crippen LogP contribution in [0.15, 0.2) is 18.3 Å². The molecule has 0 aliphatic heterocycles. The molecule has 5 nitrogen and oxygen atoms in total. The van der Waals surface area contributed by atoms with E-state index in [1.807, 2.05) is 0 Å². The van der Waals surface area contributed by atoms with Crippen molar-refractivity contribution in [3.05, 3.63) is 18.3 Å². The quantitative estimate of drug-likeness (QED) is 0.884. The fourth-order valence-corrected chi connectivity index (χ4v) is 3.54. The van der Waals surface area contributed by atoms with Crippen LogP contribution in [0.5, 0.6) is 0 Å². The molecular weight excluding hydrogens is 238 g/mol. The molecular formula is C11H17N3O2S. The van der Waals surface area contributed by atoms with Crippen molar-refractivity contribution in [3.8, 4) is 0 Å². The van der Waals surface area contributed by atoms with Crippen molar-refractivity contribution in [1.82, 2.24) is 4.98 Å². The minimum absolute atomic E-state index is 0.212. The van der Waals surface area contributed by atoms with E-state index >= 15 is 0 Å². The third kappa shape index (κ3) is 2.22. The highest BCUT2D eigenvalue weighted by atomic mass is 32.2. The third-order valence-electron chi connectivity index (χ3n) is 3.22. The van der Waals surface area contributed by atoms with E-state index in [-0.39, 0.29) is 5.25 Å². The zero-order valence-corrected chi connectivity index (χ0v) is 10.9. The highest BCUT2D eigenvalue weighted by Crippen LogP contribution is 2.30. The van der Waals surface area contributed by atoms with Crippen LogP contribution in [0.4, 0.5) is 11.5 Å². The molecule has 0 aromatic carbocycles. The SMILES string of the molecule is CNc1ccc(N(C)S(=O)(=O)C2CCC2)cn1. The molecule has 1 aliphatic carbocycles. The Morgan fingerprint density at radius 1 is 1.41 bits per heavy atom. The second-order valence-corrected chi connectivity index (χ2v) is 6.46. The maximum absolute atomic E-state index is 12.2. The van der Waals surface area contributed by atoms with Crippen molar-refractivity contribution < 1.29 is 8.42 Å². The van der Waals surface area contributed by atoms with Gasteiger partial charge in [-0.05, 0) is 25.0 Å². The van der Waals surface area contributed by atoms with Crippen LogP contribution in [-0.4, -0.2) is 32.7 Å². The molecule has 2 rings (SSSR count). The first-order chi connectivity index (χ1) is 8.05. The van der Waals surface area contributed by atoms with Crippen molar-refractivity contribution in [2.24, 2.45) is 0 Å². The molecule has 0 spiro atoms. The summed E-state index contributed by atoms with van der Waals surface area (Å²) in [6, 6.07) is 3.52. The Kier molecular flexibility index (Phi) is 3.24. The highest BCUT2D eigenvalue weighted by Gasteiger charge is 2.34. The lowest BCUT2D eigenvalue weighted by atomic mass is 10.0. The minimum atomic E-state index is -3.20. The fourth-order valence-electron chi connectivity index (χ4n) is 1.76. The van der Waals surface area contributed by atoms with Gasteiger partial charge in [0.1, 0.15) is 5.82 Å². The van der Waals surface area contributed by atoms with Gasteiger partial charge in [0.15, 0.2) is 0 Å². The van der Waals surface area contributed by atoms with Gasteiger partial charge in [-0.2, -0.15) is 0 Å². The second kappa shape index (κ2) is 4.52. The zero-order valence-electron chi connectivity index (χ0n) is 10.0. The van der Waals surface area contributed by atoms with Gasteiger partial charge in [0.25, 0.3) is 0 Å². The largest absolute Gasteiger partial charge is 0.373 e. The van der Waals surface area contributed by atoms with Crippen molar-refractivity contribution in [1.29, 1.82) is 0 Å². The van der Waals surface area contributed by atoms with Gasteiger partial charge in [0, 0.05) is 14.1 Å². The first-order valence-electron chi connectivity index (χ1n) is 5.67. The lowest BCUT2D eigenvalue weighted by molar-refractivity contribution is 0.476. The molecule has 0 radical (unpaired) electrons. The molecule has 1 heterocycles. The van der Waals surface area contributed by atoms with Gasteiger partial charge in [0.05, 0.1) is 17.1 Å². The van der Waals surface area contributed by atoms with E-state index in [9.17, 15) is 8.42 Å². The highest BCUT2D eigenvalue weighted by molar-refractivity contribution is 7.93. The first-order valence-corrected chi connectivity index (χ1v) is 7.17. The van der Waals surface area contributed by atoms with Gasteiger partial charge in [-0.1, -0.05) is 6.42 Å². The van der Waals surface area contributed by atoms with Crippen LogP contribution < -0.4 is 9.62 Å². The van der Waals surface area contributed by atoms with Crippen LogP contribution in [0.25, 0.3) is 0 Å². The van der Waals surface area contributed by atoms with Gasteiger partial charge in [-0.25, -0.2) is 13.4 Å². The monoisotopic (exact) mass is 255 g/mol. The number of anilines is 2. The normalized spacial score (nSPS) is 16.4. The van der Waals surface area contributed by atoms with E-state index in [1.165, 1.54) is 4.31 Å². The lowest BCUT2D eigenvalue weighted by Crippen LogP contribution is -2.39. The summed E-state index contributed by atoms with van der Waals surface area (Å²) in [5.41, 5.74) is 0.607. The number of nitrogens with zero attached hydrogens (tertiary/aromatic N) is 2. The van der Waals surface area contributed by atoms with Crippen LogP contribution in [0, 0.1) is 0 Å². The van der Waals surface area contributed by atoms with E-state index in [2.05, 4.69) is 10.3 Å². The van der Waals surface area contributed by atoms with Gasteiger partial charge in [-0.3, -0.25) is 4.31 Å². The maximum atomic E-state index is 12.2. The fraction of sp³-hybridized carbons (Fsp3) is 0.545. The number of hydrogen-bond donors (Lipinski definition) is 1. The summed E-state index contributed by atoms with van der Waals surface area (Å²) in [5, 5.41) is 2.69. The van der Waals surface area contributed by atoms with Crippen molar-refractivity contribution >= 4 is 21.5 Å². The summed E-state index contributed by atoms with van der Waals surface area (Å²) < 4.78 is 25.6. The summed E-state index contributed by atoms with van der Waals surface area (Å²) in [6.45, 7) is 0. The van der Waals surface area contributed by atoms with Gasteiger partial charge in [-0.15, -0.1) is 0 Å². The average Bonchev–Trinajstić information content (AvgIpc) is 2.25. The standard InChI is InChI=1S/C11H17N3O2S/c1-12-11-7-6-9(8-13-11)14(2)17(15,16)10-4-3-5-10/h6-8,10H,3-5H2,1-2H3,(H,12,13). The maximum Gasteiger partial charge on any atom is 0.237 e. The molecule has 17 heavy (non-hydrogen) atoms. The first kappa shape index (κ1) is 12.2. The van der Waals surface area contributed by atoms with Crippen LogP contribution in [0.2, 0.25) is 0 Å². The Labute approximate surface area is 102 Å². The molecule has 1 saturated carbocycles. The Morgan fingerprint density at radius 2 is 2.12 bits per heavy atom. The minimum Gasteiger partial charge on any atom is -0.373 e. The van der Waals surface area contributed by atoms with E-state index in [1.54, 1.807) is 32.4 Å². The molecule has 1 aromatic rings. The van der Waals surface area contributed by atoms with Crippen LogP contribution in [-0.2, 0) is 10.0 Å². The Bertz CT molecular complexity index is 480. The summed E-state index contributed by atoms with van der Waals surface area (Å²) in [5.74, 6) is 0.725. The topological polar surface area (TPSA) is 62.3 Å². The van der Waals surface area contributed by atoms with Crippen molar-refractivity contribution in [2.45, 2.75) is 24.5 Å². The molecule has 94 valence electrons. The van der Waals surface area contributed by atoms with Gasteiger partial charge in [0.2, 0.25) is 10.0 Å². The molecule has 1 N–H and O–H groups in total. The molecule has 1 aromatic heterocycles. The molecule has 0 unspecified atom stereocenters. The van der Waals surface area contributed by atoms with Gasteiger partial charge >= 0.3 is 0 Å². The Hall–Kier alpha value is -1.30. The summed E-state index contributed by atoms with van der Waals surface area (Å²) in [4.78, 5) is 4.12. The smallest absolute Gasteiger partial charge is 0.237 e. The molecule has 0 bridgehead atoms. The molecule has 1 fully saturated rings. The van der Waals surface area contributed by atoms with E-state index < -0.39 is 10.0 Å². The molecule has 1 aliphatic rings. The number of rotatable bonds is 4.